The summed E-state index contributed by atoms with van der Waals surface area (Å²) in [6, 6.07) is 19.7. The Bertz CT molecular complexity index is 930. The predicted octanol–water partition coefficient (Wildman–Crippen LogP) is 4.89. The molecule has 1 fully saturated rings. The van der Waals surface area contributed by atoms with Crippen LogP contribution in [0.5, 0.6) is 5.75 Å². The zero-order valence-electron chi connectivity index (χ0n) is 16.9. The zero-order chi connectivity index (χ0) is 20.6. The Balaban J connectivity index is 1.21. The summed E-state index contributed by atoms with van der Waals surface area (Å²) in [6.45, 7) is 2.26. The van der Waals surface area contributed by atoms with Crippen LogP contribution in [0.1, 0.15) is 18.5 Å². The van der Waals surface area contributed by atoms with Crippen molar-refractivity contribution in [3.63, 3.8) is 0 Å². The minimum Gasteiger partial charge on any atom is -0.493 e. The van der Waals surface area contributed by atoms with Gasteiger partial charge in [0.15, 0.2) is 0 Å². The van der Waals surface area contributed by atoms with E-state index in [1.54, 1.807) is 18.0 Å². The molecule has 3 aromatic rings. The van der Waals surface area contributed by atoms with Gasteiger partial charge in [-0.25, -0.2) is 4.98 Å². The van der Waals surface area contributed by atoms with Gasteiger partial charge in [0.1, 0.15) is 12.0 Å². The van der Waals surface area contributed by atoms with Crippen molar-refractivity contribution in [3.8, 4) is 17.2 Å². The summed E-state index contributed by atoms with van der Waals surface area (Å²) in [5, 5.41) is 0. The van der Waals surface area contributed by atoms with Crippen molar-refractivity contribution in [3.05, 3.63) is 72.6 Å². The number of hydrogen-bond acceptors (Lipinski definition) is 5. The Labute approximate surface area is 181 Å². The number of hydrogen-bond donors (Lipinski definition) is 0. The van der Waals surface area contributed by atoms with Crippen LogP contribution in [0.2, 0.25) is 0 Å². The molecule has 2 aromatic carbocycles. The van der Waals surface area contributed by atoms with E-state index in [4.69, 9.17) is 9.15 Å². The average molecular weight is 423 g/mol. The number of benzene rings is 2. The Morgan fingerprint density at radius 3 is 2.70 bits per heavy atom. The van der Waals surface area contributed by atoms with Crippen LogP contribution in [0.25, 0.3) is 11.5 Å². The maximum absolute atomic E-state index is 12.7. The highest BCUT2D eigenvalue weighted by Gasteiger charge is 2.24. The van der Waals surface area contributed by atoms with E-state index in [-0.39, 0.29) is 5.91 Å². The third kappa shape index (κ3) is 5.66. The number of likely N-dealkylation sites (tertiary alicyclic amines) is 1. The maximum atomic E-state index is 12.7. The zero-order valence-corrected chi connectivity index (χ0v) is 17.7. The fourth-order valence-electron chi connectivity index (χ4n) is 3.58. The van der Waals surface area contributed by atoms with E-state index in [2.05, 4.69) is 4.98 Å². The number of aromatic nitrogens is 1. The van der Waals surface area contributed by atoms with Crippen molar-refractivity contribution in [1.29, 1.82) is 0 Å². The number of thioether (sulfide) groups is 1. The van der Waals surface area contributed by atoms with E-state index in [0.717, 1.165) is 42.9 Å². The van der Waals surface area contributed by atoms with E-state index in [1.807, 2.05) is 65.6 Å². The number of rotatable bonds is 8. The summed E-state index contributed by atoms with van der Waals surface area (Å²) in [5.41, 5.74) is 1.82. The average Bonchev–Trinajstić information content (AvgIpc) is 3.28. The first-order chi connectivity index (χ1) is 14.8. The van der Waals surface area contributed by atoms with E-state index in [0.29, 0.717) is 29.9 Å². The highest BCUT2D eigenvalue weighted by atomic mass is 32.2. The Hall–Kier alpha value is -2.73. The number of oxazole rings is 1. The van der Waals surface area contributed by atoms with Crippen LogP contribution in [-0.4, -0.2) is 41.2 Å². The Kier molecular flexibility index (Phi) is 7.08. The van der Waals surface area contributed by atoms with Crippen LogP contribution in [0.4, 0.5) is 0 Å². The van der Waals surface area contributed by atoms with E-state index in [1.165, 1.54) is 0 Å². The number of carbonyl (C=O) groups excluding carboxylic acids is 1. The van der Waals surface area contributed by atoms with Gasteiger partial charge in [0.2, 0.25) is 11.8 Å². The molecular weight excluding hydrogens is 396 g/mol. The van der Waals surface area contributed by atoms with Gasteiger partial charge in [0.25, 0.3) is 0 Å². The maximum Gasteiger partial charge on any atom is 0.232 e. The highest BCUT2D eigenvalue weighted by Crippen LogP contribution is 2.22. The third-order valence-electron chi connectivity index (χ3n) is 5.15. The molecule has 0 aliphatic carbocycles. The first-order valence-electron chi connectivity index (χ1n) is 10.3. The fraction of sp³-hybridized carbons (Fsp3) is 0.333. The highest BCUT2D eigenvalue weighted by molar-refractivity contribution is 7.99. The molecule has 6 heteroatoms. The van der Waals surface area contributed by atoms with Crippen molar-refractivity contribution in [2.24, 2.45) is 5.92 Å². The first kappa shape index (κ1) is 20.5. The molecule has 156 valence electrons. The van der Waals surface area contributed by atoms with Crippen molar-refractivity contribution in [2.45, 2.75) is 18.6 Å². The summed E-state index contributed by atoms with van der Waals surface area (Å²) in [6.07, 6.45) is 3.81. The second-order valence-electron chi connectivity index (χ2n) is 7.47. The van der Waals surface area contributed by atoms with Gasteiger partial charge < -0.3 is 14.1 Å². The van der Waals surface area contributed by atoms with Crippen LogP contribution >= 0.6 is 11.8 Å². The van der Waals surface area contributed by atoms with Gasteiger partial charge in [-0.2, -0.15) is 0 Å². The Morgan fingerprint density at radius 1 is 1.13 bits per heavy atom. The molecule has 0 N–H and O–H groups in total. The van der Waals surface area contributed by atoms with Gasteiger partial charge in [-0.1, -0.05) is 36.4 Å². The molecule has 1 unspecified atom stereocenters. The van der Waals surface area contributed by atoms with Gasteiger partial charge in [-0.3, -0.25) is 4.79 Å². The molecule has 5 nitrogen and oxygen atoms in total. The van der Waals surface area contributed by atoms with E-state index < -0.39 is 0 Å². The van der Waals surface area contributed by atoms with E-state index in [9.17, 15) is 4.79 Å². The molecule has 0 bridgehead atoms. The van der Waals surface area contributed by atoms with Gasteiger partial charge in [0.05, 0.1) is 18.1 Å². The largest absolute Gasteiger partial charge is 0.493 e. The minimum absolute atomic E-state index is 0.191. The van der Waals surface area contributed by atoms with Gasteiger partial charge in [-0.15, -0.1) is 11.8 Å². The van der Waals surface area contributed by atoms with Crippen molar-refractivity contribution >= 4 is 17.7 Å². The van der Waals surface area contributed by atoms with Gasteiger partial charge in [0, 0.05) is 30.3 Å². The van der Waals surface area contributed by atoms with E-state index >= 15 is 0 Å². The Morgan fingerprint density at radius 2 is 1.90 bits per heavy atom. The summed E-state index contributed by atoms with van der Waals surface area (Å²) >= 11 is 1.58. The number of piperidine rings is 1. The van der Waals surface area contributed by atoms with Crippen LogP contribution in [-0.2, 0) is 10.5 Å². The normalized spacial score (nSPS) is 16.4. The monoisotopic (exact) mass is 422 g/mol. The van der Waals surface area contributed by atoms with Crippen molar-refractivity contribution in [1.82, 2.24) is 9.88 Å². The van der Waals surface area contributed by atoms with Crippen LogP contribution < -0.4 is 4.74 Å². The molecule has 1 aliphatic rings. The second kappa shape index (κ2) is 10.3. The molecule has 4 rings (SSSR count). The lowest BCUT2D eigenvalue weighted by Crippen LogP contribution is -2.42. The molecular formula is C24H26N2O3S. The second-order valence-corrected chi connectivity index (χ2v) is 8.46. The third-order valence-corrected chi connectivity index (χ3v) is 6.10. The molecule has 0 spiro atoms. The van der Waals surface area contributed by atoms with Crippen LogP contribution in [0, 0.1) is 5.92 Å². The molecule has 0 saturated carbocycles. The lowest BCUT2D eigenvalue weighted by atomic mass is 9.99. The first-order valence-corrected chi connectivity index (χ1v) is 11.5. The van der Waals surface area contributed by atoms with Gasteiger partial charge in [-0.05, 0) is 37.1 Å². The lowest BCUT2D eigenvalue weighted by Gasteiger charge is -2.32. The quantitative estimate of drug-likeness (QED) is 0.517. The summed E-state index contributed by atoms with van der Waals surface area (Å²) in [4.78, 5) is 19.2. The SMILES string of the molecule is O=C(CSCc1coc(-c2ccccc2)n1)N1CCCC(COc2ccccc2)C1. The fourth-order valence-corrected chi connectivity index (χ4v) is 4.38. The molecule has 1 atom stereocenters. The number of amides is 1. The molecule has 1 aliphatic heterocycles. The summed E-state index contributed by atoms with van der Waals surface area (Å²) < 4.78 is 11.5. The molecule has 1 amide bonds. The molecule has 1 aromatic heterocycles. The predicted molar refractivity (Wildman–Crippen MR) is 119 cm³/mol. The minimum atomic E-state index is 0.191. The van der Waals surface area contributed by atoms with Crippen LogP contribution in [0.3, 0.4) is 0 Å². The standard InChI is InChI=1S/C24H26N2O3S/c27-23(18-30-17-21-16-29-24(25-21)20-9-3-1-4-10-20)26-13-7-8-19(14-26)15-28-22-11-5-2-6-12-22/h1-6,9-12,16,19H,7-8,13-15,17-18H2. The number of para-hydroxylation sites is 1. The molecule has 2 heterocycles. The topological polar surface area (TPSA) is 55.6 Å². The summed E-state index contributed by atoms with van der Waals surface area (Å²) in [7, 11) is 0. The number of nitrogens with zero attached hydrogens (tertiary/aromatic N) is 2. The van der Waals surface area contributed by atoms with Crippen molar-refractivity contribution in [2.75, 3.05) is 25.4 Å². The summed E-state index contributed by atoms with van der Waals surface area (Å²) in [5.74, 6) is 3.21. The molecule has 30 heavy (non-hydrogen) atoms. The number of ether oxygens (including phenoxy) is 1. The molecule has 1 saturated heterocycles. The lowest BCUT2D eigenvalue weighted by molar-refractivity contribution is -0.130. The molecule has 0 radical (unpaired) electrons. The smallest absolute Gasteiger partial charge is 0.232 e. The van der Waals surface area contributed by atoms with Gasteiger partial charge >= 0.3 is 0 Å². The van der Waals surface area contributed by atoms with Crippen LogP contribution in [0.15, 0.2) is 71.3 Å². The number of carbonyl (C=O) groups is 1. The van der Waals surface area contributed by atoms with Crippen molar-refractivity contribution < 1.29 is 13.9 Å².